The predicted molar refractivity (Wildman–Crippen MR) is 102 cm³/mol. The highest BCUT2D eigenvalue weighted by molar-refractivity contribution is 6.01. The predicted octanol–water partition coefficient (Wildman–Crippen LogP) is 2.71. The molecule has 2 aromatic carbocycles. The third kappa shape index (κ3) is 2.66. The highest BCUT2D eigenvalue weighted by Gasteiger charge is 2.44. The van der Waals surface area contributed by atoms with Crippen molar-refractivity contribution in [3.63, 3.8) is 0 Å². The van der Waals surface area contributed by atoms with Crippen molar-refractivity contribution in [3.05, 3.63) is 53.1 Å². The summed E-state index contributed by atoms with van der Waals surface area (Å²) in [6.45, 7) is 1.20. The van der Waals surface area contributed by atoms with Gasteiger partial charge in [0.15, 0.2) is 11.5 Å². The average Bonchev–Trinajstić information content (AvgIpc) is 3.04. The van der Waals surface area contributed by atoms with Crippen LogP contribution in [0.25, 0.3) is 0 Å². The summed E-state index contributed by atoms with van der Waals surface area (Å²) < 4.78 is 16.1. The zero-order valence-electron chi connectivity index (χ0n) is 16.1. The van der Waals surface area contributed by atoms with Gasteiger partial charge >= 0.3 is 0 Å². The fourth-order valence-electron chi connectivity index (χ4n) is 4.03. The van der Waals surface area contributed by atoms with Crippen LogP contribution in [0.4, 0.5) is 0 Å². The lowest BCUT2D eigenvalue weighted by Gasteiger charge is -2.40. The molecule has 1 saturated heterocycles. The molecule has 2 aliphatic rings. The molecule has 1 atom stereocenters. The lowest BCUT2D eigenvalue weighted by molar-refractivity contribution is 0.0164. The van der Waals surface area contributed by atoms with E-state index >= 15 is 0 Å². The van der Waals surface area contributed by atoms with Crippen molar-refractivity contribution in [3.8, 4) is 17.2 Å². The fourth-order valence-corrected chi connectivity index (χ4v) is 4.03. The van der Waals surface area contributed by atoms with Gasteiger partial charge in [-0.05, 0) is 24.6 Å². The van der Waals surface area contributed by atoms with E-state index in [1.807, 2.05) is 24.3 Å². The molecule has 7 nitrogen and oxygen atoms in total. The molecule has 2 aromatic rings. The Labute approximate surface area is 163 Å². The van der Waals surface area contributed by atoms with Crippen molar-refractivity contribution in [1.82, 2.24) is 9.80 Å². The number of carbonyl (C=O) groups is 2. The summed E-state index contributed by atoms with van der Waals surface area (Å²) in [5, 5.41) is 0. The summed E-state index contributed by atoms with van der Waals surface area (Å²) in [6, 6.07) is 10.8. The van der Waals surface area contributed by atoms with E-state index in [2.05, 4.69) is 0 Å². The maximum atomic E-state index is 13.4. The molecule has 0 aliphatic carbocycles. The first-order valence-electron chi connectivity index (χ1n) is 9.11. The number of carbonyl (C=O) groups excluding carboxylic acids is 2. The first kappa shape index (κ1) is 18.2. The Morgan fingerprint density at radius 3 is 2.32 bits per heavy atom. The molecule has 0 spiro atoms. The molecule has 4 rings (SSSR count). The van der Waals surface area contributed by atoms with Crippen molar-refractivity contribution < 1.29 is 23.8 Å². The first-order valence-corrected chi connectivity index (χ1v) is 9.11. The molecule has 0 N–H and O–H groups in total. The molecule has 146 valence electrons. The average molecular weight is 382 g/mol. The minimum absolute atomic E-state index is 0.0250. The highest BCUT2D eigenvalue weighted by Crippen LogP contribution is 2.42. The Hall–Kier alpha value is -3.22. The SMILES string of the molecule is COc1cc(C(=O)N2CCCN3C(=O)c4ccccc4C23)cc(OC)c1OC. The van der Waals surface area contributed by atoms with Gasteiger partial charge in [0.05, 0.1) is 21.3 Å². The normalized spacial score (nSPS) is 17.8. The van der Waals surface area contributed by atoms with Gasteiger partial charge in [-0.1, -0.05) is 18.2 Å². The van der Waals surface area contributed by atoms with Gasteiger partial charge in [0.1, 0.15) is 6.17 Å². The Kier molecular flexibility index (Phi) is 4.58. The summed E-state index contributed by atoms with van der Waals surface area (Å²) in [7, 11) is 4.55. The van der Waals surface area contributed by atoms with Crippen molar-refractivity contribution in [2.75, 3.05) is 34.4 Å². The van der Waals surface area contributed by atoms with Crippen molar-refractivity contribution in [1.29, 1.82) is 0 Å². The van der Waals surface area contributed by atoms with Crippen LogP contribution in [0.2, 0.25) is 0 Å². The standard InChI is InChI=1S/C21H22N2O5/c1-26-16-11-13(12-17(27-2)18(16)28-3)20(24)22-9-6-10-23-19(22)14-7-4-5-8-15(14)21(23)25/h4-5,7-8,11-12,19H,6,9-10H2,1-3H3. The van der Waals surface area contributed by atoms with Gasteiger partial charge in [0.2, 0.25) is 5.75 Å². The van der Waals surface area contributed by atoms with Gasteiger partial charge in [-0.3, -0.25) is 9.59 Å². The van der Waals surface area contributed by atoms with Crippen LogP contribution in [-0.4, -0.2) is 56.0 Å². The molecule has 2 heterocycles. The van der Waals surface area contributed by atoms with Crippen LogP contribution in [0.3, 0.4) is 0 Å². The second-order valence-electron chi connectivity index (χ2n) is 6.73. The number of amides is 2. The Balaban J connectivity index is 1.75. The van der Waals surface area contributed by atoms with E-state index in [4.69, 9.17) is 14.2 Å². The highest BCUT2D eigenvalue weighted by atomic mass is 16.5. The maximum Gasteiger partial charge on any atom is 0.256 e. The molecule has 0 bridgehead atoms. The number of fused-ring (bicyclic) bond motifs is 3. The second kappa shape index (κ2) is 7.07. The number of ether oxygens (including phenoxy) is 3. The number of hydrogen-bond donors (Lipinski definition) is 0. The molecule has 0 saturated carbocycles. The third-order valence-electron chi connectivity index (χ3n) is 5.29. The van der Waals surface area contributed by atoms with Crippen LogP contribution in [-0.2, 0) is 0 Å². The second-order valence-corrected chi connectivity index (χ2v) is 6.73. The van der Waals surface area contributed by atoms with E-state index in [1.54, 1.807) is 21.9 Å². The first-order chi connectivity index (χ1) is 13.6. The minimum Gasteiger partial charge on any atom is -0.493 e. The molecule has 2 amide bonds. The molecule has 1 fully saturated rings. The van der Waals surface area contributed by atoms with Gasteiger partial charge in [0.25, 0.3) is 11.8 Å². The number of rotatable bonds is 4. The summed E-state index contributed by atoms with van der Waals surface area (Å²) in [4.78, 5) is 29.7. The number of benzene rings is 2. The molecule has 0 aromatic heterocycles. The van der Waals surface area contributed by atoms with Gasteiger partial charge in [-0.2, -0.15) is 0 Å². The number of methoxy groups -OCH3 is 3. The van der Waals surface area contributed by atoms with Crippen molar-refractivity contribution in [2.24, 2.45) is 0 Å². The Bertz CT molecular complexity index is 917. The zero-order chi connectivity index (χ0) is 19.8. The summed E-state index contributed by atoms with van der Waals surface area (Å²) >= 11 is 0. The van der Waals surface area contributed by atoms with E-state index in [-0.39, 0.29) is 18.0 Å². The van der Waals surface area contributed by atoms with E-state index < -0.39 is 0 Å². The van der Waals surface area contributed by atoms with Crippen LogP contribution in [0.15, 0.2) is 36.4 Å². The molecular weight excluding hydrogens is 360 g/mol. The van der Waals surface area contributed by atoms with Gasteiger partial charge in [-0.25, -0.2) is 0 Å². The minimum atomic E-state index is -0.385. The van der Waals surface area contributed by atoms with Crippen LogP contribution in [0.5, 0.6) is 17.2 Å². The van der Waals surface area contributed by atoms with Gasteiger partial charge in [-0.15, -0.1) is 0 Å². The summed E-state index contributed by atoms with van der Waals surface area (Å²) in [5.74, 6) is 1.06. The maximum absolute atomic E-state index is 13.4. The molecule has 1 unspecified atom stereocenters. The van der Waals surface area contributed by atoms with E-state index in [0.717, 1.165) is 12.0 Å². The van der Waals surface area contributed by atoms with E-state index in [0.29, 0.717) is 41.5 Å². The zero-order valence-corrected chi connectivity index (χ0v) is 16.1. The van der Waals surface area contributed by atoms with Gasteiger partial charge < -0.3 is 24.0 Å². The third-order valence-corrected chi connectivity index (χ3v) is 5.29. The number of hydrogen-bond acceptors (Lipinski definition) is 5. The molecule has 2 aliphatic heterocycles. The topological polar surface area (TPSA) is 68.3 Å². The summed E-state index contributed by atoms with van der Waals surface area (Å²) in [6.07, 6.45) is 0.343. The quantitative estimate of drug-likeness (QED) is 0.813. The lowest BCUT2D eigenvalue weighted by atomic mass is 10.1. The Morgan fingerprint density at radius 2 is 1.68 bits per heavy atom. The van der Waals surface area contributed by atoms with Crippen molar-refractivity contribution in [2.45, 2.75) is 12.6 Å². The van der Waals surface area contributed by atoms with Crippen LogP contribution < -0.4 is 14.2 Å². The number of nitrogens with zero attached hydrogens (tertiary/aromatic N) is 2. The Morgan fingerprint density at radius 1 is 1.00 bits per heavy atom. The fraction of sp³-hybridized carbons (Fsp3) is 0.333. The van der Waals surface area contributed by atoms with E-state index in [1.165, 1.54) is 21.3 Å². The lowest BCUT2D eigenvalue weighted by Crippen LogP contribution is -2.48. The van der Waals surface area contributed by atoms with E-state index in [9.17, 15) is 9.59 Å². The molecule has 0 radical (unpaired) electrons. The molecular formula is C21H22N2O5. The van der Waals surface area contributed by atoms with Gasteiger partial charge in [0, 0.05) is 29.8 Å². The monoisotopic (exact) mass is 382 g/mol. The molecule has 7 heteroatoms. The molecule has 28 heavy (non-hydrogen) atoms. The van der Waals surface area contributed by atoms with Crippen LogP contribution in [0.1, 0.15) is 38.9 Å². The smallest absolute Gasteiger partial charge is 0.256 e. The largest absolute Gasteiger partial charge is 0.493 e. The van der Waals surface area contributed by atoms with Crippen molar-refractivity contribution >= 4 is 11.8 Å². The van der Waals surface area contributed by atoms with Crippen LogP contribution >= 0.6 is 0 Å². The van der Waals surface area contributed by atoms with Crippen LogP contribution in [0, 0.1) is 0 Å². The summed E-state index contributed by atoms with van der Waals surface area (Å²) in [5.41, 5.74) is 1.96.